The second-order valence-electron chi connectivity index (χ2n) is 6.74. The number of amides is 2. The number of piperazine rings is 1. The zero-order valence-electron chi connectivity index (χ0n) is 14.6. The molecular formula is C20H19BrClN3O2. The van der Waals surface area contributed by atoms with Gasteiger partial charge in [-0.1, -0.05) is 45.7 Å². The molecule has 4 rings (SSSR count). The van der Waals surface area contributed by atoms with E-state index in [1.165, 1.54) is 4.90 Å². The zero-order valence-corrected chi connectivity index (χ0v) is 17.0. The molecule has 2 fully saturated rings. The third kappa shape index (κ3) is 3.61. The van der Waals surface area contributed by atoms with Gasteiger partial charge in [0.15, 0.2) is 0 Å². The van der Waals surface area contributed by atoms with Gasteiger partial charge < -0.3 is 4.90 Å². The van der Waals surface area contributed by atoms with E-state index >= 15 is 0 Å². The Balaban J connectivity index is 1.45. The molecule has 0 N–H and O–H groups in total. The first-order valence-corrected chi connectivity index (χ1v) is 10.1. The van der Waals surface area contributed by atoms with Gasteiger partial charge in [-0.25, -0.2) is 4.90 Å². The number of imide groups is 1. The van der Waals surface area contributed by atoms with Gasteiger partial charge >= 0.3 is 0 Å². The number of carbonyl (C=O) groups excluding carboxylic acids is 2. The Morgan fingerprint density at radius 3 is 2.41 bits per heavy atom. The van der Waals surface area contributed by atoms with Crippen LogP contribution in [0, 0.1) is 0 Å². The van der Waals surface area contributed by atoms with Gasteiger partial charge in [0.1, 0.15) is 0 Å². The van der Waals surface area contributed by atoms with E-state index < -0.39 is 0 Å². The molecule has 7 heteroatoms. The van der Waals surface area contributed by atoms with Crippen molar-refractivity contribution in [3.05, 3.63) is 58.0 Å². The molecule has 2 aromatic carbocycles. The lowest BCUT2D eigenvalue weighted by molar-refractivity contribution is -0.123. The normalized spacial score (nSPS) is 21.2. The van der Waals surface area contributed by atoms with Crippen LogP contribution in [-0.4, -0.2) is 48.9 Å². The van der Waals surface area contributed by atoms with Crippen LogP contribution in [-0.2, 0) is 9.59 Å². The summed E-state index contributed by atoms with van der Waals surface area (Å²) in [5.41, 5.74) is 1.64. The Morgan fingerprint density at radius 1 is 0.963 bits per heavy atom. The van der Waals surface area contributed by atoms with Crippen molar-refractivity contribution in [3.63, 3.8) is 0 Å². The minimum atomic E-state index is -0.384. The molecule has 2 aliphatic heterocycles. The number of para-hydroxylation sites is 1. The van der Waals surface area contributed by atoms with E-state index in [-0.39, 0.29) is 24.3 Å². The average molecular weight is 449 g/mol. The van der Waals surface area contributed by atoms with Crippen molar-refractivity contribution in [3.8, 4) is 0 Å². The molecule has 0 bridgehead atoms. The van der Waals surface area contributed by atoms with Crippen LogP contribution in [0.2, 0.25) is 5.02 Å². The van der Waals surface area contributed by atoms with Gasteiger partial charge in [-0.15, -0.1) is 0 Å². The van der Waals surface area contributed by atoms with Crippen LogP contribution in [0.5, 0.6) is 0 Å². The van der Waals surface area contributed by atoms with Crippen LogP contribution in [0.25, 0.3) is 0 Å². The maximum absolute atomic E-state index is 12.9. The van der Waals surface area contributed by atoms with Crippen molar-refractivity contribution in [1.82, 2.24) is 4.90 Å². The number of benzene rings is 2. The minimum absolute atomic E-state index is 0.135. The van der Waals surface area contributed by atoms with Gasteiger partial charge in [-0.3, -0.25) is 14.5 Å². The maximum atomic E-state index is 12.9. The van der Waals surface area contributed by atoms with Gasteiger partial charge in [0.25, 0.3) is 5.91 Å². The Morgan fingerprint density at radius 2 is 1.70 bits per heavy atom. The fourth-order valence-electron chi connectivity index (χ4n) is 3.77. The average Bonchev–Trinajstić information content (AvgIpc) is 2.96. The summed E-state index contributed by atoms with van der Waals surface area (Å²) in [5.74, 6) is -0.277. The maximum Gasteiger partial charge on any atom is 0.251 e. The summed E-state index contributed by atoms with van der Waals surface area (Å²) in [6, 6.07) is 14.7. The van der Waals surface area contributed by atoms with Crippen LogP contribution in [0.1, 0.15) is 6.42 Å². The molecule has 2 saturated heterocycles. The number of anilines is 2. The van der Waals surface area contributed by atoms with Gasteiger partial charge in [0, 0.05) is 30.7 Å². The molecule has 0 aliphatic carbocycles. The number of hydrogen-bond donors (Lipinski definition) is 0. The number of nitrogens with zero attached hydrogens (tertiary/aromatic N) is 3. The Kier molecular flexibility index (Phi) is 5.21. The summed E-state index contributed by atoms with van der Waals surface area (Å²) >= 11 is 9.70. The van der Waals surface area contributed by atoms with Crippen molar-refractivity contribution < 1.29 is 9.59 Å². The second kappa shape index (κ2) is 7.62. The lowest BCUT2D eigenvalue weighted by Crippen LogP contribution is -2.52. The second-order valence-corrected chi connectivity index (χ2v) is 8.06. The molecule has 2 aromatic rings. The number of hydrogen-bond acceptors (Lipinski definition) is 4. The van der Waals surface area contributed by atoms with E-state index in [0.29, 0.717) is 5.69 Å². The van der Waals surface area contributed by atoms with E-state index in [9.17, 15) is 9.59 Å². The molecule has 5 nitrogen and oxygen atoms in total. The van der Waals surface area contributed by atoms with Crippen molar-refractivity contribution in [2.75, 3.05) is 36.0 Å². The minimum Gasteiger partial charge on any atom is -0.368 e. The van der Waals surface area contributed by atoms with Crippen LogP contribution < -0.4 is 9.80 Å². The summed E-state index contributed by atoms with van der Waals surface area (Å²) in [6.45, 7) is 3.00. The van der Waals surface area contributed by atoms with Crippen molar-refractivity contribution in [2.24, 2.45) is 0 Å². The summed E-state index contributed by atoms with van der Waals surface area (Å²) in [7, 11) is 0. The molecule has 2 amide bonds. The molecule has 2 aliphatic rings. The number of carbonyl (C=O) groups is 2. The first-order valence-electron chi connectivity index (χ1n) is 8.90. The van der Waals surface area contributed by atoms with E-state index in [1.54, 1.807) is 12.1 Å². The molecular weight excluding hydrogens is 430 g/mol. The summed E-state index contributed by atoms with van der Waals surface area (Å²) < 4.78 is 0.845. The van der Waals surface area contributed by atoms with E-state index in [4.69, 9.17) is 11.6 Å². The third-order valence-corrected chi connectivity index (χ3v) is 5.95. The van der Waals surface area contributed by atoms with Crippen molar-refractivity contribution in [2.45, 2.75) is 12.5 Å². The fraction of sp³-hybridized carbons (Fsp3) is 0.300. The van der Waals surface area contributed by atoms with Crippen LogP contribution >= 0.6 is 27.5 Å². The molecule has 0 aromatic heterocycles. The predicted molar refractivity (Wildman–Crippen MR) is 110 cm³/mol. The van der Waals surface area contributed by atoms with Crippen LogP contribution in [0.3, 0.4) is 0 Å². The van der Waals surface area contributed by atoms with E-state index in [2.05, 4.69) is 25.7 Å². The number of rotatable bonds is 3. The van der Waals surface area contributed by atoms with Crippen molar-refractivity contribution in [1.29, 1.82) is 0 Å². The Bertz CT molecular complexity index is 883. The van der Waals surface area contributed by atoms with E-state index in [0.717, 1.165) is 41.4 Å². The predicted octanol–water partition coefficient (Wildman–Crippen LogP) is 3.56. The molecule has 27 heavy (non-hydrogen) atoms. The SMILES string of the molecule is O=C1C[C@H](N2CCN(c3ccccc3Cl)CC2)C(=O)N1c1cccc(Br)c1. The molecule has 0 unspecified atom stereocenters. The summed E-state index contributed by atoms with van der Waals surface area (Å²) in [5, 5.41) is 0.735. The topological polar surface area (TPSA) is 43.9 Å². The summed E-state index contributed by atoms with van der Waals surface area (Å²) in [4.78, 5) is 31.1. The monoisotopic (exact) mass is 447 g/mol. The lowest BCUT2D eigenvalue weighted by atomic mass is 10.1. The Hall–Kier alpha value is -1.89. The standard InChI is InChI=1S/C20H19BrClN3O2/c21-14-4-3-5-15(12-14)25-19(26)13-18(20(25)27)24-10-8-23(9-11-24)17-7-2-1-6-16(17)22/h1-7,12,18H,8-11,13H2/t18-/m0/s1. The van der Waals surface area contributed by atoms with Gasteiger partial charge in [0.2, 0.25) is 5.91 Å². The van der Waals surface area contributed by atoms with Gasteiger partial charge in [-0.05, 0) is 30.3 Å². The smallest absolute Gasteiger partial charge is 0.251 e. The van der Waals surface area contributed by atoms with Crippen LogP contribution in [0.4, 0.5) is 11.4 Å². The first-order chi connectivity index (χ1) is 13.0. The van der Waals surface area contributed by atoms with Gasteiger partial charge in [0.05, 0.1) is 28.9 Å². The lowest BCUT2D eigenvalue weighted by Gasteiger charge is -2.38. The zero-order chi connectivity index (χ0) is 19.0. The Labute approximate surface area is 171 Å². The molecule has 1 atom stereocenters. The largest absolute Gasteiger partial charge is 0.368 e. The highest BCUT2D eigenvalue weighted by atomic mass is 79.9. The molecule has 140 valence electrons. The van der Waals surface area contributed by atoms with Crippen LogP contribution in [0.15, 0.2) is 53.0 Å². The molecule has 2 heterocycles. The fourth-order valence-corrected chi connectivity index (χ4v) is 4.41. The highest BCUT2D eigenvalue weighted by molar-refractivity contribution is 9.10. The molecule has 0 saturated carbocycles. The third-order valence-electron chi connectivity index (χ3n) is 5.14. The quantitative estimate of drug-likeness (QED) is 0.674. The molecule has 0 radical (unpaired) electrons. The highest BCUT2D eigenvalue weighted by Gasteiger charge is 2.43. The van der Waals surface area contributed by atoms with Crippen molar-refractivity contribution >= 4 is 50.7 Å². The highest BCUT2D eigenvalue weighted by Crippen LogP contribution is 2.30. The van der Waals surface area contributed by atoms with E-state index in [1.807, 2.05) is 36.4 Å². The first kappa shape index (κ1) is 18.5. The summed E-state index contributed by atoms with van der Waals surface area (Å²) in [6.07, 6.45) is 0.234. The molecule has 0 spiro atoms. The number of halogens is 2. The van der Waals surface area contributed by atoms with Gasteiger partial charge in [-0.2, -0.15) is 0 Å².